The highest BCUT2D eigenvalue weighted by atomic mass is 16.6. The Balaban J connectivity index is 4.52. The molecule has 0 saturated heterocycles. The van der Waals surface area contributed by atoms with Gasteiger partial charge >= 0.3 is 17.9 Å². The Morgan fingerprint density at radius 1 is 0.296 bits per heavy atom. The summed E-state index contributed by atoms with van der Waals surface area (Å²) in [7, 11) is 0. The van der Waals surface area contributed by atoms with Crippen LogP contribution in [0.4, 0.5) is 0 Å². The first-order chi connectivity index (χ1) is 35.0. The first-order valence-corrected chi connectivity index (χ1v) is 28.7. The molecule has 0 bridgehead atoms. The predicted octanol–water partition coefficient (Wildman–Crippen LogP) is 19.4. The third kappa shape index (κ3) is 56.3. The molecule has 0 radical (unpaired) electrons. The van der Waals surface area contributed by atoms with Crippen molar-refractivity contribution >= 4 is 17.9 Å². The molecule has 0 heterocycles. The fourth-order valence-corrected chi connectivity index (χ4v) is 7.37. The number of carbonyl (C=O) groups excluding carboxylic acids is 3. The van der Waals surface area contributed by atoms with Gasteiger partial charge in [-0.1, -0.05) is 219 Å². The second-order valence-corrected chi connectivity index (χ2v) is 18.4. The highest BCUT2D eigenvalue weighted by molar-refractivity contribution is 5.71. The van der Waals surface area contributed by atoms with Crippen molar-refractivity contribution in [3.63, 3.8) is 0 Å². The standard InChI is InChI=1S/C65H104O6/c1-4-7-10-13-16-19-22-25-28-30-32-34-37-40-43-46-49-52-55-58-64(67)70-61-62(60-69-63(66)57-54-51-48-45-42-39-36-27-24-21-18-15-12-9-6-3)71-65(68)59-56-53-50-47-44-41-38-35-33-31-29-26-23-20-17-14-11-8-5-2/h7-8,10-11,16-21,25-29,32-36,40,43,62H,4-6,9,12-15,22-24,30-31,37-39,41-42,44-61H2,1-3H3/b10-7-,11-8-,19-16-,20-17-,21-18-,28-25-,29-26-,34-32-,35-33-,36-27-,43-40-. The number of ether oxygens (including phenoxy) is 3. The highest BCUT2D eigenvalue weighted by Gasteiger charge is 2.19. The van der Waals surface area contributed by atoms with Crippen LogP contribution in [-0.4, -0.2) is 37.2 Å². The van der Waals surface area contributed by atoms with Gasteiger partial charge < -0.3 is 14.2 Å². The van der Waals surface area contributed by atoms with Crippen molar-refractivity contribution in [1.29, 1.82) is 0 Å². The van der Waals surface area contributed by atoms with Gasteiger partial charge in [0.2, 0.25) is 0 Å². The lowest BCUT2D eigenvalue weighted by molar-refractivity contribution is -0.167. The molecule has 0 aliphatic carbocycles. The lowest BCUT2D eigenvalue weighted by Gasteiger charge is -2.18. The van der Waals surface area contributed by atoms with E-state index >= 15 is 0 Å². The van der Waals surface area contributed by atoms with E-state index in [2.05, 4.69) is 154 Å². The van der Waals surface area contributed by atoms with E-state index in [1.165, 1.54) is 38.5 Å². The second-order valence-electron chi connectivity index (χ2n) is 18.4. The zero-order valence-corrected chi connectivity index (χ0v) is 45.7. The molecule has 0 aromatic rings. The molecule has 0 N–H and O–H groups in total. The fourth-order valence-electron chi connectivity index (χ4n) is 7.37. The average Bonchev–Trinajstić information content (AvgIpc) is 3.37. The molecular weight excluding hydrogens is 877 g/mol. The second kappa shape index (κ2) is 58.1. The van der Waals surface area contributed by atoms with Gasteiger partial charge in [-0.05, 0) is 135 Å². The van der Waals surface area contributed by atoms with Crippen LogP contribution in [0.5, 0.6) is 0 Å². The van der Waals surface area contributed by atoms with Gasteiger partial charge in [-0.2, -0.15) is 0 Å². The van der Waals surface area contributed by atoms with Gasteiger partial charge in [0.1, 0.15) is 13.2 Å². The van der Waals surface area contributed by atoms with Crippen molar-refractivity contribution in [2.75, 3.05) is 13.2 Å². The summed E-state index contributed by atoms with van der Waals surface area (Å²) in [4.78, 5) is 38.2. The Kier molecular flexibility index (Phi) is 54.5. The molecule has 71 heavy (non-hydrogen) atoms. The summed E-state index contributed by atoms with van der Waals surface area (Å²) in [6, 6.07) is 0. The van der Waals surface area contributed by atoms with Gasteiger partial charge in [0.15, 0.2) is 6.10 Å². The van der Waals surface area contributed by atoms with Crippen molar-refractivity contribution in [3.05, 3.63) is 134 Å². The molecule has 1 unspecified atom stereocenters. The average molecular weight is 982 g/mol. The van der Waals surface area contributed by atoms with E-state index in [-0.39, 0.29) is 31.1 Å². The van der Waals surface area contributed by atoms with Gasteiger partial charge in [0, 0.05) is 19.3 Å². The van der Waals surface area contributed by atoms with E-state index in [1.54, 1.807) is 0 Å². The van der Waals surface area contributed by atoms with Crippen LogP contribution in [0.1, 0.15) is 239 Å². The van der Waals surface area contributed by atoms with Gasteiger partial charge in [-0.25, -0.2) is 0 Å². The van der Waals surface area contributed by atoms with Crippen LogP contribution in [0.3, 0.4) is 0 Å². The minimum absolute atomic E-state index is 0.107. The molecule has 0 rings (SSSR count). The normalized spacial score (nSPS) is 13.1. The highest BCUT2D eigenvalue weighted by Crippen LogP contribution is 2.13. The molecule has 1 atom stereocenters. The minimum Gasteiger partial charge on any atom is -0.462 e. The summed E-state index contributed by atoms with van der Waals surface area (Å²) >= 11 is 0. The van der Waals surface area contributed by atoms with E-state index in [1.807, 2.05) is 0 Å². The topological polar surface area (TPSA) is 78.9 Å². The lowest BCUT2D eigenvalue weighted by Crippen LogP contribution is -2.30. The molecule has 0 aliphatic heterocycles. The summed E-state index contributed by atoms with van der Waals surface area (Å²) in [5.74, 6) is -0.970. The Labute approximate surface area is 436 Å². The molecule has 6 nitrogen and oxygen atoms in total. The lowest BCUT2D eigenvalue weighted by atomic mass is 10.1. The van der Waals surface area contributed by atoms with E-state index in [0.717, 1.165) is 161 Å². The first kappa shape index (κ1) is 66.6. The van der Waals surface area contributed by atoms with E-state index < -0.39 is 6.10 Å². The van der Waals surface area contributed by atoms with Crippen molar-refractivity contribution in [1.82, 2.24) is 0 Å². The maximum absolute atomic E-state index is 12.9. The van der Waals surface area contributed by atoms with Crippen molar-refractivity contribution < 1.29 is 28.6 Å². The molecular formula is C65H104O6. The number of hydrogen-bond donors (Lipinski definition) is 0. The molecule has 0 spiro atoms. The zero-order valence-electron chi connectivity index (χ0n) is 45.7. The van der Waals surface area contributed by atoms with Crippen LogP contribution in [0.25, 0.3) is 0 Å². The number of esters is 3. The molecule has 0 fully saturated rings. The van der Waals surface area contributed by atoms with Gasteiger partial charge in [-0.3, -0.25) is 14.4 Å². The molecule has 400 valence electrons. The van der Waals surface area contributed by atoms with Crippen LogP contribution in [-0.2, 0) is 28.6 Å². The molecule has 0 saturated carbocycles. The van der Waals surface area contributed by atoms with Crippen molar-refractivity contribution in [3.8, 4) is 0 Å². The van der Waals surface area contributed by atoms with Crippen LogP contribution < -0.4 is 0 Å². The molecule has 0 amide bonds. The van der Waals surface area contributed by atoms with Crippen molar-refractivity contribution in [2.24, 2.45) is 0 Å². The number of allylic oxidation sites excluding steroid dienone is 22. The van der Waals surface area contributed by atoms with Crippen LogP contribution in [0.2, 0.25) is 0 Å². The monoisotopic (exact) mass is 981 g/mol. The van der Waals surface area contributed by atoms with Gasteiger partial charge in [-0.15, -0.1) is 0 Å². The third-order valence-corrected chi connectivity index (χ3v) is 11.6. The number of rotatable bonds is 50. The molecule has 0 aromatic carbocycles. The SMILES string of the molecule is CC/C=C\C/C=C\C/C=C\C/C=C\C/C=C\CCCCCC(=O)OCC(COC(=O)CCCCCCC/C=C\C/C=C\CCCCC)OC(=O)CCCCCCCC/C=C\C/C=C\C/C=C\C/C=C\CC. The first-order valence-electron chi connectivity index (χ1n) is 28.7. The van der Waals surface area contributed by atoms with Crippen LogP contribution in [0.15, 0.2) is 134 Å². The van der Waals surface area contributed by atoms with E-state index in [4.69, 9.17) is 14.2 Å². The Morgan fingerprint density at radius 3 is 0.873 bits per heavy atom. The number of carbonyl (C=O) groups is 3. The Hall–Kier alpha value is -4.45. The molecule has 6 heteroatoms. The molecule has 0 aliphatic rings. The summed E-state index contributed by atoms with van der Waals surface area (Å²) in [6.45, 7) is 6.33. The maximum Gasteiger partial charge on any atom is 0.306 e. The largest absolute Gasteiger partial charge is 0.462 e. The number of hydrogen-bond acceptors (Lipinski definition) is 6. The predicted molar refractivity (Wildman–Crippen MR) is 306 cm³/mol. The Bertz CT molecular complexity index is 1550. The zero-order chi connectivity index (χ0) is 51.4. The van der Waals surface area contributed by atoms with Crippen LogP contribution >= 0.6 is 0 Å². The minimum atomic E-state index is -0.811. The number of unbranched alkanes of at least 4 members (excludes halogenated alkanes) is 17. The summed E-state index contributed by atoms with van der Waals surface area (Å²) in [5, 5.41) is 0. The summed E-state index contributed by atoms with van der Waals surface area (Å²) in [5.41, 5.74) is 0. The third-order valence-electron chi connectivity index (χ3n) is 11.6. The smallest absolute Gasteiger partial charge is 0.306 e. The summed E-state index contributed by atoms with van der Waals surface area (Å²) < 4.78 is 16.8. The summed E-state index contributed by atoms with van der Waals surface area (Å²) in [6.07, 6.45) is 81.5. The fraction of sp³-hybridized carbons (Fsp3) is 0.615. The maximum atomic E-state index is 12.9. The van der Waals surface area contributed by atoms with Crippen LogP contribution in [0, 0.1) is 0 Å². The van der Waals surface area contributed by atoms with E-state index in [0.29, 0.717) is 19.3 Å². The molecule has 0 aromatic heterocycles. The van der Waals surface area contributed by atoms with Gasteiger partial charge in [0.25, 0.3) is 0 Å². The van der Waals surface area contributed by atoms with Gasteiger partial charge in [0.05, 0.1) is 0 Å². The van der Waals surface area contributed by atoms with Crippen molar-refractivity contribution in [2.45, 2.75) is 245 Å². The Morgan fingerprint density at radius 2 is 0.549 bits per heavy atom. The quantitative estimate of drug-likeness (QED) is 0.0262. The van der Waals surface area contributed by atoms with E-state index in [9.17, 15) is 14.4 Å².